The molecule has 1 unspecified atom stereocenters. The minimum atomic E-state index is 0. The highest BCUT2D eigenvalue weighted by Crippen LogP contribution is 2.23. The first-order valence-corrected chi connectivity index (χ1v) is 6.72. The minimum Gasteiger partial charge on any atom is -0.312 e. The molecule has 1 heterocycles. The Morgan fingerprint density at radius 3 is 2.94 bits per heavy atom. The summed E-state index contributed by atoms with van der Waals surface area (Å²) < 4.78 is 0.981. The van der Waals surface area contributed by atoms with E-state index >= 15 is 0 Å². The highest BCUT2D eigenvalue weighted by molar-refractivity contribution is 9.10. The van der Waals surface area contributed by atoms with E-state index in [2.05, 4.69) is 45.2 Å². The summed E-state index contributed by atoms with van der Waals surface area (Å²) in [6.07, 6.45) is 0. The van der Waals surface area contributed by atoms with Crippen LogP contribution in [0.5, 0.6) is 0 Å². The Morgan fingerprint density at radius 2 is 2.29 bits per heavy atom. The first kappa shape index (κ1) is 15.3. The molecule has 1 aromatic carbocycles. The molecule has 1 saturated heterocycles. The molecular formula is C12H17BrCl2N2. The highest BCUT2D eigenvalue weighted by atomic mass is 79.9. The zero-order valence-electron chi connectivity index (χ0n) is 9.75. The van der Waals surface area contributed by atoms with Gasteiger partial charge in [-0.25, -0.2) is 0 Å². The molecule has 0 spiro atoms. The summed E-state index contributed by atoms with van der Waals surface area (Å²) in [5.41, 5.74) is 1.31. The van der Waals surface area contributed by atoms with E-state index in [9.17, 15) is 0 Å². The van der Waals surface area contributed by atoms with E-state index in [0.29, 0.717) is 6.04 Å². The van der Waals surface area contributed by atoms with Crippen LogP contribution < -0.4 is 5.32 Å². The monoisotopic (exact) mass is 338 g/mol. The molecule has 2 nitrogen and oxygen atoms in total. The molecule has 0 bridgehead atoms. The summed E-state index contributed by atoms with van der Waals surface area (Å²) in [6.45, 7) is 6.53. The molecule has 2 rings (SSSR count). The Morgan fingerprint density at radius 1 is 1.53 bits per heavy atom. The average molecular weight is 340 g/mol. The summed E-state index contributed by atoms with van der Waals surface area (Å²) in [6, 6.07) is 6.74. The van der Waals surface area contributed by atoms with E-state index in [-0.39, 0.29) is 12.4 Å². The van der Waals surface area contributed by atoms with E-state index in [1.165, 1.54) is 5.56 Å². The van der Waals surface area contributed by atoms with Gasteiger partial charge in [0.25, 0.3) is 0 Å². The van der Waals surface area contributed by atoms with Gasteiger partial charge in [-0.2, -0.15) is 0 Å². The molecule has 0 radical (unpaired) electrons. The van der Waals surface area contributed by atoms with Crippen LogP contribution >= 0.6 is 39.9 Å². The zero-order valence-corrected chi connectivity index (χ0v) is 12.9. The number of benzene rings is 1. The summed E-state index contributed by atoms with van der Waals surface area (Å²) in [5, 5.41) is 4.22. The van der Waals surface area contributed by atoms with Crippen LogP contribution in [0.15, 0.2) is 22.7 Å². The van der Waals surface area contributed by atoms with Gasteiger partial charge >= 0.3 is 0 Å². The first-order valence-electron chi connectivity index (χ1n) is 5.55. The smallest absolute Gasteiger partial charge is 0.0548 e. The fourth-order valence-corrected chi connectivity index (χ4v) is 2.60. The van der Waals surface area contributed by atoms with Crippen LogP contribution in [0.1, 0.15) is 12.5 Å². The molecule has 1 N–H and O–H groups in total. The second-order valence-electron chi connectivity index (χ2n) is 4.34. The second kappa shape index (κ2) is 6.95. The van der Waals surface area contributed by atoms with Crippen LogP contribution in [-0.2, 0) is 6.54 Å². The topological polar surface area (TPSA) is 15.3 Å². The van der Waals surface area contributed by atoms with Crippen molar-refractivity contribution in [3.63, 3.8) is 0 Å². The maximum Gasteiger partial charge on any atom is 0.0548 e. The van der Waals surface area contributed by atoms with Crippen LogP contribution in [-0.4, -0.2) is 30.6 Å². The maximum atomic E-state index is 5.98. The molecule has 1 aliphatic rings. The molecule has 17 heavy (non-hydrogen) atoms. The zero-order chi connectivity index (χ0) is 11.5. The van der Waals surface area contributed by atoms with E-state index in [0.717, 1.165) is 35.7 Å². The Hall–Kier alpha value is 0.200. The number of halogens is 3. The molecule has 0 aliphatic carbocycles. The van der Waals surface area contributed by atoms with Gasteiger partial charge in [-0.05, 0) is 40.5 Å². The van der Waals surface area contributed by atoms with Crippen molar-refractivity contribution in [1.29, 1.82) is 0 Å². The molecule has 96 valence electrons. The fraction of sp³-hybridized carbons (Fsp3) is 0.500. The Balaban J connectivity index is 0.00000144. The minimum absolute atomic E-state index is 0. The SMILES string of the molecule is CC1CN(Cc2ccc(Cl)c(Br)c2)CCN1.Cl. The molecule has 0 amide bonds. The lowest BCUT2D eigenvalue weighted by Gasteiger charge is -2.31. The van der Waals surface area contributed by atoms with E-state index in [1.807, 2.05) is 6.07 Å². The average Bonchev–Trinajstić information content (AvgIpc) is 2.24. The van der Waals surface area contributed by atoms with Crippen molar-refractivity contribution in [1.82, 2.24) is 10.2 Å². The van der Waals surface area contributed by atoms with Gasteiger partial charge in [0.2, 0.25) is 0 Å². The van der Waals surface area contributed by atoms with Crippen LogP contribution in [0.25, 0.3) is 0 Å². The second-order valence-corrected chi connectivity index (χ2v) is 5.60. The van der Waals surface area contributed by atoms with Crippen LogP contribution in [0.4, 0.5) is 0 Å². The largest absolute Gasteiger partial charge is 0.312 e. The number of piperazine rings is 1. The number of nitrogens with one attached hydrogen (secondary N) is 1. The van der Waals surface area contributed by atoms with Gasteiger partial charge in [0.15, 0.2) is 0 Å². The third-order valence-corrected chi connectivity index (χ3v) is 4.06. The molecule has 1 aromatic rings. The fourth-order valence-electron chi connectivity index (χ4n) is 2.05. The van der Waals surface area contributed by atoms with Crippen molar-refractivity contribution in [3.05, 3.63) is 33.3 Å². The molecule has 1 atom stereocenters. The molecular weight excluding hydrogens is 323 g/mol. The van der Waals surface area contributed by atoms with Crippen molar-refractivity contribution in [3.8, 4) is 0 Å². The van der Waals surface area contributed by atoms with Gasteiger partial charge < -0.3 is 5.32 Å². The number of nitrogens with zero attached hydrogens (tertiary/aromatic N) is 1. The first-order chi connectivity index (χ1) is 7.65. The van der Waals surface area contributed by atoms with E-state index in [1.54, 1.807) is 0 Å². The molecule has 5 heteroatoms. The highest BCUT2D eigenvalue weighted by Gasteiger charge is 2.15. The molecule has 1 aliphatic heterocycles. The third kappa shape index (κ3) is 4.42. The van der Waals surface area contributed by atoms with Gasteiger partial charge in [-0.15, -0.1) is 12.4 Å². The number of hydrogen-bond donors (Lipinski definition) is 1. The normalized spacial score (nSPS) is 21.0. The predicted octanol–water partition coefficient (Wildman–Crippen LogP) is 3.32. The third-order valence-electron chi connectivity index (χ3n) is 2.84. The van der Waals surface area contributed by atoms with Gasteiger partial charge in [0, 0.05) is 36.7 Å². The predicted molar refractivity (Wildman–Crippen MR) is 79.1 cm³/mol. The van der Waals surface area contributed by atoms with Crippen molar-refractivity contribution in [2.75, 3.05) is 19.6 Å². The van der Waals surface area contributed by atoms with Crippen molar-refractivity contribution in [2.24, 2.45) is 0 Å². The summed E-state index contributed by atoms with van der Waals surface area (Å²) >= 11 is 9.44. The maximum absolute atomic E-state index is 5.98. The lowest BCUT2D eigenvalue weighted by atomic mass is 10.1. The van der Waals surface area contributed by atoms with Crippen LogP contribution in [0.2, 0.25) is 5.02 Å². The quantitative estimate of drug-likeness (QED) is 0.889. The van der Waals surface area contributed by atoms with Crippen LogP contribution in [0, 0.1) is 0 Å². The molecule has 0 saturated carbocycles. The Kier molecular flexibility index (Phi) is 6.24. The van der Waals surface area contributed by atoms with Gasteiger partial charge in [-0.3, -0.25) is 4.90 Å². The standard InChI is InChI=1S/C12H16BrClN2.ClH/c1-9-7-16(5-4-15-9)8-10-2-3-12(14)11(13)6-10;/h2-3,6,9,15H,4-5,7-8H2,1H3;1H. The van der Waals surface area contributed by atoms with E-state index < -0.39 is 0 Å². The summed E-state index contributed by atoms with van der Waals surface area (Å²) in [4.78, 5) is 2.47. The van der Waals surface area contributed by atoms with Gasteiger partial charge in [0.05, 0.1) is 5.02 Å². The molecule has 0 aromatic heterocycles. The lowest BCUT2D eigenvalue weighted by Crippen LogP contribution is -2.48. The van der Waals surface area contributed by atoms with Crippen molar-refractivity contribution in [2.45, 2.75) is 19.5 Å². The van der Waals surface area contributed by atoms with E-state index in [4.69, 9.17) is 11.6 Å². The lowest BCUT2D eigenvalue weighted by molar-refractivity contribution is 0.199. The number of rotatable bonds is 2. The summed E-state index contributed by atoms with van der Waals surface area (Å²) in [5.74, 6) is 0. The Labute approximate surface area is 122 Å². The van der Waals surface area contributed by atoms with Gasteiger partial charge in [0.1, 0.15) is 0 Å². The van der Waals surface area contributed by atoms with Gasteiger partial charge in [-0.1, -0.05) is 17.7 Å². The van der Waals surface area contributed by atoms with Crippen molar-refractivity contribution >= 4 is 39.9 Å². The summed E-state index contributed by atoms with van der Waals surface area (Å²) in [7, 11) is 0. The number of hydrogen-bond acceptors (Lipinski definition) is 2. The molecule has 1 fully saturated rings. The Bertz CT molecular complexity index is 374. The van der Waals surface area contributed by atoms with Crippen molar-refractivity contribution < 1.29 is 0 Å². The van der Waals surface area contributed by atoms with Crippen LogP contribution in [0.3, 0.4) is 0 Å².